The van der Waals surface area contributed by atoms with Gasteiger partial charge in [0.2, 0.25) is 0 Å². The molecule has 1 fully saturated rings. The van der Waals surface area contributed by atoms with Crippen LogP contribution >= 0.6 is 0 Å². The zero-order valence-electron chi connectivity index (χ0n) is 11.8. The highest BCUT2D eigenvalue weighted by Gasteiger charge is 2.30. The fraction of sp³-hybridized carbons (Fsp3) is 0.562. The molecule has 1 aliphatic heterocycles. The molecule has 0 radical (unpaired) electrons. The zero-order chi connectivity index (χ0) is 13.8. The van der Waals surface area contributed by atoms with E-state index in [0.717, 1.165) is 19.5 Å². The minimum Gasteiger partial charge on any atom is -0.326 e. The van der Waals surface area contributed by atoms with E-state index in [0.29, 0.717) is 17.5 Å². The number of nitriles is 1. The number of nitrogens with zero attached hydrogens (tertiary/aromatic N) is 2. The van der Waals surface area contributed by atoms with Crippen LogP contribution in [0.1, 0.15) is 43.9 Å². The molecule has 19 heavy (non-hydrogen) atoms. The van der Waals surface area contributed by atoms with Crippen molar-refractivity contribution in [3.8, 4) is 6.07 Å². The minimum atomic E-state index is 0.195. The molecule has 2 unspecified atom stereocenters. The molecule has 0 aliphatic carbocycles. The lowest BCUT2D eigenvalue weighted by Gasteiger charge is -2.41. The van der Waals surface area contributed by atoms with Gasteiger partial charge in [-0.3, -0.25) is 4.90 Å². The van der Waals surface area contributed by atoms with Crippen LogP contribution in [-0.2, 0) is 0 Å². The zero-order valence-corrected chi connectivity index (χ0v) is 11.8. The SMILES string of the molecule is CC(C)CN1CCCC(N)C1c1ccc(C#N)cc1. The summed E-state index contributed by atoms with van der Waals surface area (Å²) in [5.74, 6) is 0.645. The fourth-order valence-electron chi connectivity index (χ4n) is 2.98. The second kappa shape index (κ2) is 6.18. The molecular formula is C16H23N3. The number of hydrogen-bond acceptors (Lipinski definition) is 3. The highest BCUT2D eigenvalue weighted by Crippen LogP contribution is 2.30. The molecule has 1 aromatic rings. The van der Waals surface area contributed by atoms with Gasteiger partial charge in [-0.2, -0.15) is 5.26 Å². The first-order chi connectivity index (χ1) is 9.11. The van der Waals surface area contributed by atoms with Crippen molar-refractivity contribution in [1.82, 2.24) is 4.90 Å². The van der Waals surface area contributed by atoms with Crippen LogP contribution in [0, 0.1) is 17.2 Å². The molecule has 0 amide bonds. The van der Waals surface area contributed by atoms with E-state index >= 15 is 0 Å². The Balaban J connectivity index is 2.22. The molecule has 1 saturated heterocycles. The summed E-state index contributed by atoms with van der Waals surface area (Å²) in [7, 11) is 0. The summed E-state index contributed by atoms with van der Waals surface area (Å²) < 4.78 is 0. The highest BCUT2D eigenvalue weighted by molar-refractivity contribution is 5.33. The Bertz CT molecular complexity index is 444. The third kappa shape index (κ3) is 3.34. The molecular weight excluding hydrogens is 234 g/mol. The molecule has 0 aromatic heterocycles. The van der Waals surface area contributed by atoms with E-state index in [1.54, 1.807) is 0 Å². The average Bonchev–Trinajstić information content (AvgIpc) is 2.38. The summed E-state index contributed by atoms with van der Waals surface area (Å²) in [6, 6.07) is 10.6. The fourth-order valence-corrected chi connectivity index (χ4v) is 2.98. The molecule has 3 nitrogen and oxygen atoms in total. The first-order valence-electron chi connectivity index (χ1n) is 7.11. The number of rotatable bonds is 3. The van der Waals surface area contributed by atoms with E-state index < -0.39 is 0 Å². The lowest BCUT2D eigenvalue weighted by atomic mass is 9.90. The molecule has 0 spiro atoms. The Morgan fingerprint density at radius 1 is 1.37 bits per heavy atom. The first kappa shape index (κ1) is 14.0. The summed E-state index contributed by atoms with van der Waals surface area (Å²) in [5, 5.41) is 8.88. The third-order valence-corrected chi connectivity index (χ3v) is 3.76. The number of piperidine rings is 1. The van der Waals surface area contributed by atoms with Crippen LogP contribution in [0.3, 0.4) is 0 Å². The van der Waals surface area contributed by atoms with Gasteiger partial charge in [0.25, 0.3) is 0 Å². The van der Waals surface area contributed by atoms with Crippen LogP contribution in [0.25, 0.3) is 0 Å². The maximum atomic E-state index is 8.88. The average molecular weight is 257 g/mol. The summed E-state index contributed by atoms with van der Waals surface area (Å²) in [5.41, 5.74) is 8.30. The summed E-state index contributed by atoms with van der Waals surface area (Å²) in [4.78, 5) is 2.50. The lowest BCUT2D eigenvalue weighted by Crippen LogP contribution is -2.47. The Morgan fingerprint density at radius 2 is 2.05 bits per heavy atom. The Kier molecular flexibility index (Phi) is 4.57. The second-order valence-electron chi connectivity index (χ2n) is 5.87. The maximum Gasteiger partial charge on any atom is 0.0991 e. The molecule has 0 saturated carbocycles. The summed E-state index contributed by atoms with van der Waals surface area (Å²) in [6.07, 6.45) is 2.26. The van der Waals surface area contributed by atoms with E-state index in [1.807, 2.05) is 12.1 Å². The normalized spacial score (nSPS) is 24.4. The van der Waals surface area contributed by atoms with Crippen molar-refractivity contribution in [2.24, 2.45) is 11.7 Å². The number of likely N-dealkylation sites (tertiary alicyclic amines) is 1. The molecule has 102 valence electrons. The van der Waals surface area contributed by atoms with Crippen molar-refractivity contribution in [2.45, 2.75) is 38.8 Å². The number of hydrogen-bond donors (Lipinski definition) is 1. The second-order valence-corrected chi connectivity index (χ2v) is 5.87. The maximum absolute atomic E-state index is 8.88. The van der Waals surface area contributed by atoms with E-state index in [4.69, 9.17) is 11.0 Å². The lowest BCUT2D eigenvalue weighted by molar-refractivity contribution is 0.114. The van der Waals surface area contributed by atoms with Gasteiger partial charge in [-0.15, -0.1) is 0 Å². The van der Waals surface area contributed by atoms with Gasteiger partial charge in [-0.25, -0.2) is 0 Å². The van der Waals surface area contributed by atoms with Gasteiger partial charge in [-0.05, 0) is 43.0 Å². The number of benzene rings is 1. The van der Waals surface area contributed by atoms with Gasteiger partial charge in [0.05, 0.1) is 11.6 Å². The molecule has 1 aromatic carbocycles. The summed E-state index contributed by atoms with van der Waals surface area (Å²) >= 11 is 0. The monoisotopic (exact) mass is 257 g/mol. The Hall–Kier alpha value is -1.37. The van der Waals surface area contributed by atoms with Gasteiger partial charge in [-0.1, -0.05) is 26.0 Å². The van der Waals surface area contributed by atoms with Gasteiger partial charge < -0.3 is 5.73 Å². The predicted molar refractivity (Wildman–Crippen MR) is 77.5 cm³/mol. The van der Waals surface area contributed by atoms with Crippen molar-refractivity contribution < 1.29 is 0 Å². The van der Waals surface area contributed by atoms with Crippen LogP contribution in [0.4, 0.5) is 0 Å². The molecule has 1 heterocycles. The molecule has 3 heteroatoms. The summed E-state index contributed by atoms with van der Waals surface area (Å²) in [6.45, 7) is 6.70. The standard InChI is InChI=1S/C16H23N3/c1-12(2)11-19-9-3-4-15(18)16(19)14-7-5-13(10-17)6-8-14/h5-8,12,15-16H,3-4,9,11,18H2,1-2H3. The third-order valence-electron chi connectivity index (χ3n) is 3.76. The van der Waals surface area contributed by atoms with E-state index in [2.05, 4.69) is 36.9 Å². The first-order valence-corrected chi connectivity index (χ1v) is 7.11. The van der Waals surface area contributed by atoms with Crippen LogP contribution in [0.5, 0.6) is 0 Å². The van der Waals surface area contributed by atoms with Gasteiger partial charge in [0.15, 0.2) is 0 Å². The van der Waals surface area contributed by atoms with Crippen LogP contribution in [-0.4, -0.2) is 24.0 Å². The van der Waals surface area contributed by atoms with E-state index in [1.165, 1.54) is 12.0 Å². The molecule has 2 N–H and O–H groups in total. The number of nitrogens with two attached hydrogens (primary N) is 1. The van der Waals surface area contributed by atoms with Crippen LogP contribution in [0.2, 0.25) is 0 Å². The van der Waals surface area contributed by atoms with Crippen LogP contribution in [0.15, 0.2) is 24.3 Å². The van der Waals surface area contributed by atoms with Crippen molar-refractivity contribution in [3.63, 3.8) is 0 Å². The van der Waals surface area contributed by atoms with Crippen molar-refractivity contribution in [1.29, 1.82) is 5.26 Å². The van der Waals surface area contributed by atoms with E-state index in [-0.39, 0.29) is 6.04 Å². The Labute approximate surface area is 116 Å². The van der Waals surface area contributed by atoms with E-state index in [9.17, 15) is 0 Å². The molecule has 0 bridgehead atoms. The smallest absolute Gasteiger partial charge is 0.0991 e. The van der Waals surface area contributed by atoms with Gasteiger partial charge in [0, 0.05) is 18.6 Å². The van der Waals surface area contributed by atoms with Crippen molar-refractivity contribution >= 4 is 0 Å². The largest absolute Gasteiger partial charge is 0.326 e. The van der Waals surface area contributed by atoms with Crippen molar-refractivity contribution in [3.05, 3.63) is 35.4 Å². The topological polar surface area (TPSA) is 53.0 Å². The van der Waals surface area contributed by atoms with Gasteiger partial charge in [0.1, 0.15) is 0 Å². The van der Waals surface area contributed by atoms with Crippen molar-refractivity contribution in [2.75, 3.05) is 13.1 Å². The quantitative estimate of drug-likeness (QED) is 0.905. The minimum absolute atomic E-state index is 0.195. The Morgan fingerprint density at radius 3 is 2.63 bits per heavy atom. The molecule has 2 atom stereocenters. The predicted octanol–water partition coefficient (Wildman–Crippen LogP) is 2.68. The molecule has 1 aliphatic rings. The highest BCUT2D eigenvalue weighted by atomic mass is 15.2. The van der Waals surface area contributed by atoms with Gasteiger partial charge >= 0.3 is 0 Å². The molecule has 2 rings (SSSR count). The van der Waals surface area contributed by atoms with Crippen LogP contribution < -0.4 is 5.73 Å².